The molecule has 0 radical (unpaired) electrons. The summed E-state index contributed by atoms with van der Waals surface area (Å²) in [5.41, 5.74) is 5.05. The van der Waals surface area contributed by atoms with Gasteiger partial charge in [-0.05, 0) is 37.1 Å². The highest BCUT2D eigenvalue weighted by molar-refractivity contribution is 5.96. The van der Waals surface area contributed by atoms with E-state index in [4.69, 9.17) is 5.73 Å². The minimum atomic E-state index is -1.32. The molecule has 0 aromatic heterocycles. The summed E-state index contributed by atoms with van der Waals surface area (Å²) < 4.78 is 86.7. The van der Waals surface area contributed by atoms with Crippen molar-refractivity contribution in [3.8, 4) is 0 Å². The van der Waals surface area contributed by atoms with Crippen molar-refractivity contribution in [2.24, 2.45) is 5.73 Å². The molecule has 2 rings (SSSR count). The Kier molecular flexibility index (Phi) is 12.2. The zero-order valence-electron chi connectivity index (χ0n) is 19.3. The summed E-state index contributed by atoms with van der Waals surface area (Å²) >= 11 is 0. The van der Waals surface area contributed by atoms with Crippen LogP contribution in [-0.4, -0.2) is 30.9 Å². The van der Waals surface area contributed by atoms with E-state index >= 15 is 0 Å². The topological polar surface area (TPSA) is 95.7 Å². The lowest BCUT2D eigenvalue weighted by Crippen LogP contribution is -2.14. The minimum Gasteiger partial charge on any atom is -0.466 e. The van der Waals surface area contributed by atoms with Gasteiger partial charge in [-0.3, -0.25) is 9.59 Å². The quantitative estimate of drug-likeness (QED) is 0.175. The molecule has 0 saturated heterocycles. The fourth-order valence-corrected chi connectivity index (χ4v) is 2.65. The Hall–Kier alpha value is -3.83. The SMILES string of the molecule is CCOC(=O)C=C(N)Cc1cc(F)c(F)cc1F.CCOC(=O)CC(=O)Cc1cc(F)c(F)cc1F. The number of benzene rings is 2. The molecule has 0 amide bonds. The van der Waals surface area contributed by atoms with E-state index in [1.165, 1.54) is 0 Å². The minimum absolute atomic E-state index is 0.00152. The van der Waals surface area contributed by atoms with Crippen LogP contribution >= 0.6 is 0 Å². The van der Waals surface area contributed by atoms with Gasteiger partial charge in [-0.15, -0.1) is 0 Å². The molecule has 36 heavy (non-hydrogen) atoms. The van der Waals surface area contributed by atoms with Crippen molar-refractivity contribution in [2.75, 3.05) is 13.2 Å². The van der Waals surface area contributed by atoms with Gasteiger partial charge >= 0.3 is 11.9 Å². The summed E-state index contributed by atoms with van der Waals surface area (Å²) in [4.78, 5) is 33.4. The fraction of sp³-hybridized carbons (Fsp3) is 0.292. The lowest BCUT2D eigenvalue weighted by atomic mass is 10.1. The van der Waals surface area contributed by atoms with E-state index in [-0.39, 0.29) is 36.5 Å². The van der Waals surface area contributed by atoms with E-state index < -0.39 is 65.5 Å². The van der Waals surface area contributed by atoms with Crippen LogP contribution in [0.1, 0.15) is 31.4 Å². The number of ketones is 1. The first-order chi connectivity index (χ1) is 16.9. The molecule has 0 heterocycles. The lowest BCUT2D eigenvalue weighted by molar-refractivity contribution is -0.145. The molecular formula is C24H23F6NO5. The molecule has 2 aromatic rings. The molecule has 196 valence electrons. The van der Waals surface area contributed by atoms with Gasteiger partial charge in [0.1, 0.15) is 23.8 Å². The number of esters is 2. The Morgan fingerprint density at radius 3 is 1.64 bits per heavy atom. The molecule has 0 aliphatic rings. The molecular weight excluding hydrogens is 496 g/mol. The summed E-state index contributed by atoms with van der Waals surface area (Å²) in [6.07, 6.45) is -0.236. The first-order valence-electron chi connectivity index (χ1n) is 10.4. The van der Waals surface area contributed by atoms with E-state index in [0.29, 0.717) is 24.3 Å². The van der Waals surface area contributed by atoms with Gasteiger partial charge in [0.2, 0.25) is 0 Å². The number of rotatable bonds is 9. The van der Waals surface area contributed by atoms with Crippen LogP contribution < -0.4 is 5.73 Å². The van der Waals surface area contributed by atoms with E-state index in [1.54, 1.807) is 13.8 Å². The van der Waals surface area contributed by atoms with Crippen LogP contribution in [0.25, 0.3) is 0 Å². The van der Waals surface area contributed by atoms with Crippen molar-refractivity contribution in [1.29, 1.82) is 0 Å². The predicted molar refractivity (Wildman–Crippen MR) is 115 cm³/mol. The van der Waals surface area contributed by atoms with E-state index in [0.717, 1.165) is 6.08 Å². The Balaban J connectivity index is 0.000000360. The third kappa shape index (κ3) is 10.2. The molecule has 12 heteroatoms. The molecule has 2 N–H and O–H groups in total. The average Bonchev–Trinajstić information content (AvgIpc) is 2.76. The summed E-state index contributed by atoms with van der Waals surface area (Å²) in [7, 11) is 0. The molecule has 0 unspecified atom stereocenters. The van der Waals surface area contributed by atoms with Gasteiger partial charge in [0, 0.05) is 36.7 Å². The number of halogens is 6. The van der Waals surface area contributed by atoms with Gasteiger partial charge in [-0.25, -0.2) is 31.1 Å². The largest absolute Gasteiger partial charge is 0.466 e. The summed E-state index contributed by atoms with van der Waals surface area (Å²) in [5, 5.41) is 0. The third-order valence-corrected chi connectivity index (χ3v) is 4.20. The molecule has 0 aliphatic carbocycles. The monoisotopic (exact) mass is 519 g/mol. The Bertz CT molecular complexity index is 1140. The Morgan fingerprint density at radius 2 is 1.17 bits per heavy atom. The van der Waals surface area contributed by atoms with Gasteiger partial charge in [0.15, 0.2) is 23.3 Å². The van der Waals surface area contributed by atoms with Crippen molar-refractivity contribution >= 4 is 17.7 Å². The Morgan fingerprint density at radius 1 is 0.722 bits per heavy atom. The van der Waals surface area contributed by atoms with Crippen molar-refractivity contribution in [2.45, 2.75) is 33.1 Å². The molecule has 0 aliphatic heterocycles. The van der Waals surface area contributed by atoms with Crippen LogP contribution in [0.4, 0.5) is 26.3 Å². The number of hydrogen-bond acceptors (Lipinski definition) is 6. The van der Waals surface area contributed by atoms with Crippen molar-refractivity contribution in [1.82, 2.24) is 0 Å². The Labute approximate surface area is 202 Å². The molecule has 6 nitrogen and oxygen atoms in total. The second-order valence-electron chi connectivity index (χ2n) is 7.06. The average molecular weight is 519 g/mol. The second kappa shape index (κ2) is 14.5. The second-order valence-corrected chi connectivity index (χ2v) is 7.06. The molecule has 0 saturated carbocycles. The van der Waals surface area contributed by atoms with Crippen LogP contribution in [0.15, 0.2) is 36.0 Å². The highest BCUT2D eigenvalue weighted by Crippen LogP contribution is 2.16. The van der Waals surface area contributed by atoms with E-state index in [9.17, 15) is 40.7 Å². The smallest absolute Gasteiger partial charge is 0.332 e. The van der Waals surface area contributed by atoms with Crippen LogP contribution in [0, 0.1) is 34.9 Å². The van der Waals surface area contributed by atoms with Crippen LogP contribution in [-0.2, 0) is 36.7 Å². The molecule has 0 bridgehead atoms. The van der Waals surface area contributed by atoms with Crippen molar-refractivity contribution in [3.05, 3.63) is 82.1 Å². The van der Waals surface area contributed by atoms with E-state index in [2.05, 4.69) is 9.47 Å². The number of hydrogen-bond donors (Lipinski definition) is 1. The number of carbonyl (C=O) groups is 3. The van der Waals surface area contributed by atoms with Gasteiger partial charge in [0.05, 0.1) is 13.2 Å². The normalized spacial score (nSPS) is 10.8. The number of allylic oxidation sites excluding steroid dienone is 1. The number of ether oxygens (including phenoxy) is 2. The van der Waals surface area contributed by atoms with Gasteiger partial charge in [-0.1, -0.05) is 0 Å². The maximum atomic E-state index is 13.3. The number of carbonyl (C=O) groups excluding carboxylic acids is 3. The van der Waals surface area contributed by atoms with E-state index in [1.807, 2.05) is 0 Å². The fourth-order valence-electron chi connectivity index (χ4n) is 2.65. The lowest BCUT2D eigenvalue weighted by Gasteiger charge is -2.05. The number of nitrogens with two attached hydrogens (primary N) is 1. The van der Waals surface area contributed by atoms with Crippen LogP contribution in [0.5, 0.6) is 0 Å². The molecule has 2 aromatic carbocycles. The van der Waals surface area contributed by atoms with Crippen LogP contribution in [0.2, 0.25) is 0 Å². The summed E-state index contributed by atoms with van der Waals surface area (Å²) in [5.74, 6) is -8.98. The van der Waals surface area contributed by atoms with Gasteiger partial charge < -0.3 is 15.2 Å². The molecule has 0 spiro atoms. The van der Waals surface area contributed by atoms with Crippen molar-refractivity contribution in [3.63, 3.8) is 0 Å². The standard InChI is InChI=1S/C12H12F3NO2.C12H11F3O3/c2*1-2-18-12(17)5-8(16)3-7-4-10(14)11(15)6-9(7)13/h4-6H,2-3,16H2,1H3;4,6H,2-3,5H2,1H3. The van der Waals surface area contributed by atoms with Gasteiger partial charge in [-0.2, -0.15) is 0 Å². The van der Waals surface area contributed by atoms with Gasteiger partial charge in [0.25, 0.3) is 0 Å². The zero-order valence-corrected chi connectivity index (χ0v) is 19.3. The summed E-state index contributed by atoms with van der Waals surface area (Å²) in [6.45, 7) is 3.52. The first kappa shape index (κ1) is 30.2. The van der Waals surface area contributed by atoms with Crippen molar-refractivity contribution < 1.29 is 50.2 Å². The van der Waals surface area contributed by atoms with Crippen LogP contribution in [0.3, 0.4) is 0 Å². The molecule has 0 atom stereocenters. The predicted octanol–water partition coefficient (Wildman–Crippen LogP) is 4.22. The third-order valence-electron chi connectivity index (χ3n) is 4.20. The molecule has 0 fully saturated rings. The summed E-state index contributed by atoms with van der Waals surface area (Å²) in [6, 6.07) is 2.11. The number of Topliss-reactive ketones (excluding diaryl/α,β-unsaturated/α-hetero) is 1. The first-order valence-corrected chi connectivity index (χ1v) is 10.4. The maximum absolute atomic E-state index is 13.3. The maximum Gasteiger partial charge on any atom is 0.332 e. The highest BCUT2D eigenvalue weighted by Gasteiger charge is 2.16. The highest BCUT2D eigenvalue weighted by atomic mass is 19.2. The zero-order chi connectivity index (χ0) is 27.4.